The van der Waals surface area contributed by atoms with Gasteiger partial charge in [0.2, 0.25) is 0 Å². The SMILES string of the molecule is CC1Cc2ccccc2N(c2ccc(CO)cc2F)C1. The molecule has 0 fully saturated rings. The molecule has 0 bridgehead atoms. The molecule has 1 N–H and O–H groups in total. The molecule has 1 unspecified atom stereocenters. The molecule has 0 saturated heterocycles. The van der Waals surface area contributed by atoms with Gasteiger partial charge in [0, 0.05) is 12.2 Å². The second kappa shape index (κ2) is 5.25. The Bertz CT molecular complexity index is 626. The Balaban J connectivity index is 2.06. The third-order valence-electron chi connectivity index (χ3n) is 3.83. The molecule has 0 spiro atoms. The van der Waals surface area contributed by atoms with E-state index in [2.05, 4.69) is 13.0 Å². The molecule has 1 aliphatic heterocycles. The first-order valence-corrected chi connectivity index (χ1v) is 6.93. The van der Waals surface area contributed by atoms with Gasteiger partial charge in [-0.15, -0.1) is 0 Å². The molecule has 1 aliphatic rings. The summed E-state index contributed by atoms with van der Waals surface area (Å²) in [7, 11) is 0. The van der Waals surface area contributed by atoms with Gasteiger partial charge in [-0.05, 0) is 41.7 Å². The van der Waals surface area contributed by atoms with Crippen LogP contribution >= 0.6 is 0 Å². The summed E-state index contributed by atoms with van der Waals surface area (Å²) >= 11 is 0. The lowest BCUT2D eigenvalue weighted by molar-refractivity contribution is 0.281. The molecule has 3 heteroatoms. The van der Waals surface area contributed by atoms with E-state index in [1.165, 1.54) is 11.6 Å². The van der Waals surface area contributed by atoms with E-state index in [-0.39, 0.29) is 12.4 Å². The Morgan fingerprint density at radius 1 is 1.20 bits per heavy atom. The van der Waals surface area contributed by atoms with Gasteiger partial charge in [-0.3, -0.25) is 0 Å². The van der Waals surface area contributed by atoms with Crippen LogP contribution in [0.25, 0.3) is 0 Å². The summed E-state index contributed by atoms with van der Waals surface area (Å²) in [5, 5.41) is 9.08. The second-order valence-electron chi connectivity index (χ2n) is 5.49. The quantitative estimate of drug-likeness (QED) is 0.901. The predicted molar refractivity (Wildman–Crippen MR) is 78.6 cm³/mol. The van der Waals surface area contributed by atoms with Crippen molar-refractivity contribution in [3.63, 3.8) is 0 Å². The van der Waals surface area contributed by atoms with Crippen molar-refractivity contribution in [2.24, 2.45) is 5.92 Å². The van der Waals surface area contributed by atoms with Crippen molar-refractivity contribution < 1.29 is 9.50 Å². The zero-order valence-electron chi connectivity index (χ0n) is 11.5. The number of para-hydroxylation sites is 1. The number of rotatable bonds is 2. The van der Waals surface area contributed by atoms with E-state index in [9.17, 15) is 4.39 Å². The topological polar surface area (TPSA) is 23.5 Å². The molecule has 2 aromatic rings. The number of fused-ring (bicyclic) bond motifs is 1. The number of nitrogens with zero attached hydrogens (tertiary/aromatic N) is 1. The zero-order chi connectivity index (χ0) is 14.1. The maximum Gasteiger partial charge on any atom is 0.147 e. The molecule has 0 saturated carbocycles. The molecular weight excluding hydrogens is 253 g/mol. The summed E-state index contributed by atoms with van der Waals surface area (Å²) in [5.41, 5.74) is 3.53. The molecule has 0 amide bonds. The third-order valence-corrected chi connectivity index (χ3v) is 3.83. The van der Waals surface area contributed by atoms with Gasteiger partial charge in [0.1, 0.15) is 5.82 Å². The Morgan fingerprint density at radius 3 is 2.75 bits per heavy atom. The highest BCUT2D eigenvalue weighted by atomic mass is 19.1. The largest absolute Gasteiger partial charge is 0.392 e. The van der Waals surface area contributed by atoms with Gasteiger partial charge in [-0.2, -0.15) is 0 Å². The Labute approximate surface area is 118 Å². The summed E-state index contributed by atoms with van der Waals surface area (Å²) in [4.78, 5) is 2.04. The molecule has 1 heterocycles. The average Bonchev–Trinajstić information content (AvgIpc) is 2.46. The molecule has 0 radical (unpaired) electrons. The van der Waals surface area contributed by atoms with Crippen LogP contribution in [-0.4, -0.2) is 11.7 Å². The highest BCUT2D eigenvalue weighted by molar-refractivity contribution is 5.68. The minimum Gasteiger partial charge on any atom is -0.392 e. The first-order chi connectivity index (χ1) is 9.69. The van der Waals surface area contributed by atoms with E-state index in [0.717, 1.165) is 18.7 Å². The first kappa shape index (κ1) is 13.1. The predicted octanol–water partition coefficient (Wildman–Crippen LogP) is 3.65. The van der Waals surface area contributed by atoms with E-state index in [1.54, 1.807) is 12.1 Å². The van der Waals surface area contributed by atoms with Crippen LogP contribution in [0.15, 0.2) is 42.5 Å². The smallest absolute Gasteiger partial charge is 0.147 e. The van der Waals surface area contributed by atoms with E-state index in [1.807, 2.05) is 23.1 Å². The van der Waals surface area contributed by atoms with E-state index in [4.69, 9.17) is 5.11 Å². The van der Waals surface area contributed by atoms with Crippen molar-refractivity contribution in [2.75, 3.05) is 11.4 Å². The number of halogens is 1. The fourth-order valence-electron chi connectivity index (χ4n) is 2.89. The Morgan fingerprint density at radius 2 is 2.00 bits per heavy atom. The monoisotopic (exact) mass is 271 g/mol. The highest BCUT2D eigenvalue weighted by Gasteiger charge is 2.24. The fourth-order valence-corrected chi connectivity index (χ4v) is 2.89. The third kappa shape index (κ3) is 2.29. The minimum absolute atomic E-state index is 0.135. The van der Waals surface area contributed by atoms with Gasteiger partial charge in [-0.25, -0.2) is 4.39 Å². The molecule has 20 heavy (non-hydrogen) atoms. The van der Waals surface area contributed by atoms with Gasteiger partial charge < -0.3 is 10.0 Å². The van der Waals surface area contributed by atoms with Crippen LogP contribution in [0.3, 0.4) is 0 Å². The zero-order valence-corrected chi connectivity index (χ0v) is 11.5. The van der Waals surface area contributed by atoms with Gasteiger partial charge in [0.25, 0.3) is 0 Å². The molecular formula is C17H18FNO. The van der Waals surface area contributed by atoms with Crippen molar-refractivity contribution in [3.8, 4) is 0 Å². The lowest BCUT2D eigenvalue weighted by atomic mass is 9.93. The summed E-state index contributed by atoms with van der Waals surface area (Å²) < 4.78 is 14.3. The van der Waals surface area contributed by atoms with E-state index < -0.39 is 0 Å². The number of anilines is 2. The number of aliphatic hydroxyl groups excluding tert-OH is 1. The highest BCUT2D eigenvalue weighted by Crippen LogP contribution is 2.36. The van der Waals surface area contributed by atoms with Crippen LogP contribution in [-0.2, 0) is 13.0 Å². The van der Waals surface area contributed by atoms with Crippen LogP contribution in [0, 0.1) is 11.7 Å². The van der Waals surface area contributed by atoms with Gasteiger partial charge in [0.05, 0.1) is 12.3 Å². The normalized spacial score (nSPS) is 17.9. The number of hydrogen-bond donors (Lipinski definition) is 1. The summed E-state index contributed by atoms with van der Waals surface area (Å²) in [6, 6.07) is 13.1. The van der Waals surface area contributed by atoms with Crippen molar-refractivity contribution in [1.82, 2.24) is 0 Å². The van der Waals surface area contributed by atoms with Crippen molar-refractivity contribution in [1.29, 1.82) is 0 Å². The molecule has 2 aromatic carbocycles. The minimum atomic E-state index is -0.277. The Kier molecular flexibility index (Phi) is 3.45. The van der Waals surface area contributed by atoms with Crippen LogP contribution in [0.4, 0.5) is 15.8 Å². The molecule has 3 rings (SSSR count). The van der Waals surface area contributed by atoms with Crippen molar-refractivity contribution in [2.45, 2.75) is 20.0 Å². The fraction of sp³-hybridized carbons (Fsp3) is 0.294. The average molecular weight is 271 g/mol. The lowest BCUT2D eigenvalue weighted by Crippen LogP contribution is -2.31. The van der Waals surface area contributed by atoms with Crippen LogP contribution < -0.4 is 4.90 Å². The van der Waals surface area contributed by atoms with Crippen molar-refractivity contribution in [3.05, 3.63) is 59.4 Å². The molecule has 2 nitrogen and oxygen atoms in total. The standard InChI is InChI=1S/C17H18FNO/c1-12-8-14-4-2-3-5-16(14)19(10-12)17-7-6-13(11-20)9-15(17)18/h2-7,9,12,20H,8,10-11H2,1H3. The number of aliphatic hydroxyl groups is 1. The number of hydrogen-bond acceptors (Lipinski definition) is 2. The van der Waals surface area contributed by atoms with Crippen LogP contribution in [0.2, 0.25) is 0 Å². The summed E-state index contributed by atoms with van der Waals surface area (Å²) in [6.07, 6.45) is 1.03. The lowest BCUT2D eigenvalue weighted by Gasteiger charge is -2.35. The maximum atomic E-state index is 14.3. The molecule has 0 aromatic heterocycles. The Hall–Kier alpha value is -1.87. The summed E-state index contributed by atoms with van der Waals surface area (Å²) in [6.45, 7) is 2.86. The molecule has 1 atom stereocenters. The van der Waals surface area contributed by atoms with Gasteiger partial charge in [0.15, 0.2) is 0 Å². The summed E-state index contributed by atoms with van der Waals surface area (Å²) in [5.74, 6) is 0.210. The molecule has 104 valence electrons. The van der Waals surface area contributed by atoms with Gasteiger partial charge >= 0.3 is 0 Å². The molecule has 0 aliphatic carbocycles. The van der Waals surface area contributed by atoms with Crippen LogP contribution in [0.5, 0.6) is 0 Å². The van der Waals surface area contributed by atoms with Crippen LogP contribution in [0.1, 0.15) is 18.1 Å². The van der Waals surface area contributed by atoms with Gasteiger partial charge in [-0.1, -0.05) is 31.2 Å². The first-order valence-electron chi connectivity index (χ1n) is 6.93. The number of benzene rings is 2. The van der Waals surface area contributed by atoms with E-state index >= 15 is 0 Å². The van der Waals surface area contributed by atoms with Crippen molar-refractivity contribution >= 4 is 11.4 Å². The van der Waals surface area contributed by atoms with E-state index in [0.29, 0.717) is 17.2 Å². The second-order valence-corrected chi connectivity index (χ2v) is 5.49. The maximum absolute atomic E-state index is 14.3.